The molecule has 1 unspecified atom stereocenters. The van der Waals surface area contributed by atoms with Crippen molar-refractivity contribution >= 4 is 5.97 Å². The van der Waals surface area contributed by atoms with Crippen LogP contribution in [-0.2, 0) is 15.1 Å². The second-order valence-electron chi connectivity index (χ2n) is 3.80. The fourth-order valence-electron chi connectivity index (χ4n) is 1.66. The van der Waals surface area contributed by atoms with E-state index >= 15 is 0 Å². The first kappa shape index (κ1) is 12.7. The maximum atomic E-state index is 11.9. The summed E-state index contributed by atoms with van der Waals surface area (Å²) in [6.07, 6.45) is 0. The van der Waals surface area contributed by atoms with Crippen LogP contribution in [0.25, 0.3) is 0 Å². The summed E-state index contributed by atoms with van der Waals surface area (Å²) in [5.41, 5.74) is 3.37. The highest BCUT2D eigenvalue weighted by Gasteiger charge is 2.36. The minimum atomic E-state index is -0.999. The Bertz CT molecular complexity index is 379. The van der Waals surface area contributed by atoms with E-state index in [0.29, 0.717) is 6.61 Å². The maximum absolute atomic E-state index is 11.9. The highest BCUT2D eigenvalue weighted by molar-refractivity contribution is 5.82. The van der Waals surface area contributed by atoms with Crippen molar-refractivity contribution in [2.75, 3.05) is 6.61 Å². The monoisotopic (exact) mass is 222 g/mol. The highest BCUT2D eigenvalue weighted by Crippen LogP contribution is 2.24. The lowest BCUT2D eigenvalue weighted by atomic mass is 9.89. The summed E-state index contributed by atoms with van der Waals surface area (Å²) in [7, 11) is 0. The van der Waals surface area contributed by atoms with Gasteiger partial charge in [-0.3, -0.25) is 5.84 Å². The summed E-state index contributed by atoms with van der Waals surface area (Å²) >= 11 is 0. The van der Waals surface area contributed by atoms with Crippen LogP contribution in [0, 0.1) is 6.92 Å². The van der Waals surface area contributed by atoms with Crippen LogP contribution in [0.4, 0.5) is 0 Å². The van der Waals surface area contributed by atoms with E-state index in [9.17, 15) is 4.79 Å². The minimum Gasteiger partial charge on any atom is -0.464 e. The molecule has 3 N–H and O–H groups in total. The van der Waals surface area contributed by atoms with Crippen molar-refractivity contribution in [2.45, 2.75) is 26.3 Å². The first-order chi connectivity index (χ1) is 7.56. The lowest BCUT2D eigenvalue weighted by Crippen LogP contribution is -2.51. The summed E-state index contributed by atoms with van der Waals surface area (Å²) < 4.78 is 5.03. The van der Waals surface area contributed by atoms with Gasteiger partial charge in [-0.25, -0.2) is 10.2 Å². The fourth-order valence-corrected chi connectivity index (χ4v) is 1.66. The Hall–Kier alpha value is -1.39. The predicted octanol–water partition coefficient (Wildman–Crippen LogP) is 1.24. The highest BCUT2D eigenvalue weighted by atomic mass is 16.5. The van der Waals surface area contributed by atoms with Gasteiger partial charge in [0.25, 0.3) is 0 Å². The van der Waals surface area contributed by atoms with E-state index < -0.39 is 5.54 Å². The van der Waals surface area contributed by atoms with Crippen LogP contribution >= 0.6 is 0 Å². The van der Waals surface area contributed by atoms with E-state index in [-0.39, 0.29) is 5.97 Å². The van der Waals surface area contributed by atoms with Crippen molar-refractivity contribution in [3.8, 4) is 0 Å². The van der Waals surface area contributed by atoms with Crippen molar-refractivity contribution < 1.29 is 9.53 Å². The summed E-state index contributed by atoms with van der Waals surface area (Å²) in [5.74, 6) is 5.12. The Morgan fingerprint density at radius 3 is 2.62 bits per heavy atom. The Balaban J connectivity index is 3.14. The molecule has 0 aliphatic rings. The molecule has 88 valence electrons. The normalized spacial score (nSPS) is 14.2. The van der Waals surface area contributed by atoms with Gasteiger partial charge in [0.1, 0.15) is 0 Å². The number of nitrogens with two attached hydrogens (primary N) is 1. The van der Waals surface area contributed by atoms with Gasteiger partial charge in [-0.1, -0.05) is 24.3 Å². The SMILES string of the molecule is CCOC(=O)C(C)(NN)c1ccccc1C. The number of esters is 1. The Labute approximate surface area is 95.8 Å². The van der Waals surface area contributed by atoms with Crippen molar-refractivity contribution in [1.82, 2.24) is 5.43 Å². The van der Waals surface area contributed by atoms with Crippen LogP contribution < -0.4 is 11.3 Å². The van der Waals surface area contributed by atoms with Crippen LogP contribution in [0.15, 0.2) is 24.3 Å². The first-order valence-electron chi connectivity index (χ1n) is 5.27. The number of hydrazine groups is 1. The number of ether oxygens (including phenoxy) is 1. The van der Waals surface area contributed by atoms with Gasteiger partial charge in [-0.2, -0.15) is 0 Å². The zero-order valence-corrected chi connectivity index (χ0v) is 9.91. The fraction of sp³-hybridized carbons (Fsp3) is 0.417. The molecule has 0 spiro atoms. The number of benzene rings is 1. The van der Waals surface area contributed by atoms with E-state index in [4.69, 9.17) is 10.6 Å². The Morgan fingerprint density at radius 2 is 2.12 bits per heavy atom. The molecule has 16 heavy (non-hydrogen) atoms. The maximum Gasteiger partial charge on any atom is 0.331 e. The average molecular weight is 222 g/mol. The van der Waals surface area contributed by atoms with Gasteiger partial charge in [0.15, 0.2) is 5.54 Å². The average Bonchev–Trinajstić information content (AvgIpc) is 2.29. The molecule has 4 nitrogen and oxygen atoms in total. The van der Waals surface area contributed by atoms with Gasteiger partial charge < -0.3 is 4.74 Å². The van der Waals surface area contributed by atoms with Crippen LogP contribution in [0.5, 0.6) is 0 Å². The molecule has 0 bridgehead atoms. The van der Waals surface area contributed by atoms with Gasteiger partial charge in [0, 0.05) is 0 Å². The van der Waals surface area contributed by atoms with Gasteiger partial charge >= 0.3 is 5.97 Å². The Morgan fingerprint density at radius 1 is 1.50 bits per heavy atom. The number of rotatable bonds is 4. The topological polar surface area (TPSA) is 64.3 Å². The Kier molecular flexibility index (Phi) is 4.04. The molecule has 0 aliphatic carbocycles. The quantitative estimate of drug-likeness (QED) is 0.457. The van der Waals surface area contributed by atoms with E-state index in [1.54, 1.807) is 13.8 Å². The molecule has 0 saturated carbocycles. The number of carbonyl (C=O) groups is 1. The third-order valence-corrected chi connectivity index (χ3v) is 2.66. The molecular weight excluding hydrogens is 204 g/mol. The molecule has 1 rings (SSSR count). The molecule has 1 aromatic rings. The molecule has 0 amide bonds. The molecule has 0 saturated heterocycles. The second kappa shape index (κ2) is 5.09. The van der Waals surface area contributed by atoms with Gasteiger partial charge in [0.2, 0.25) is 0 Å². The van der Waals surface area contributed by atoms with E-state index in [2.05, 4.69) is 5.43 Å². The zero-order chi connectivity index (χ0) is 12.2. The third-order valence-electron chi connectivity index (χ3n) is 2.66. The summed E-state index contributed by atoms with van der Waals surface area (Å²) in [6.45, 7) is 5.76. The van der Waals surface area contributed by atoms with Crippen molar-refractivity contribution in [1.29, 1.82) is 0 Å². The number of carbonyl (C=O) groups excluding carboxylic acids is 1. The lowest BCUT2D eigenvalue weighted by Gasteiger charge is -2.28. The third kappa shape index (κ3) is 2.23. The molecule has 0 aliphatic heterocycles. The van der Waals surface area contributed by atoms with Gasteiger partial charge in [-0.05, 0) is 31.9 Å². The summed E-state index contributed by atoms with van der Waals surface area (Å²) in [5, 5.41) is 0. The molecule has 1 aromatic carbocycles. The number of aryl methyl sites for hydroxylation is 1. The second-order valence-corrected chi connectivity index (χ2v) is 3.80. The van der Waals surface area contributed by atoms with Crippen LogP contribution in [-0.4, -0.2) is 12.6 Å². The van der Waals surface area contributed by atoms with Gasteiger partial charge in [-0.15, -0.1) is 0 Å². The van der Waals surface area contributed by atoms with Crippen molar-refractivity contribution in [3.63, 3.8) is 0 Å². The molecule has 0 aromatic heterocycles. The van der Waals surface area contributed by atoms with E-state index in [0.717, 1.165) is 11.1 Å². The summed E-state index contributed by atoms with van der Waals surface area (Å²) in [6, 6.07) is 7.59. The number of hydrogen-bond acceptors (Lipinski definition) is 4. The van der Waals surface area contributed by atoms with E-state index in [1.807, 2.05) is 31.2 Å². The molecule has 0 radical (unpaired) electrons. The zero-order valence-electron chi connectivity index (χ0n) is 9.91. The molecule has 1 atom stereocenters. The smallest absolute Gasteiger partial charge is 0.331 e. The molecule has 0 fully saturated rings. The number of hydrogen-bond donors (Lipinski definition) is 2. The van der Waals surface area contributed by atoms with Crippen molar-refractivity contribution in [3.05, 3.63) is 35.4 Å². The largest absolute Gasteiger partial charge is 0.464 e. The van der Waals surface area contributed by atoms with Crippen LogP contribution in [0.2, 0.25) is 0 Å². The predicted molar refractivity (Wildman–Crippen MR) is 62.5 cm³/mol. The van der Waals surface area contributed by atoms with Crippen molar-refractivity contribution in [2.24, 2.45) is 5.84 Å². The minimum absolute atomic E-state index is 0.335. The van der Waals surface area contributed by atoms with E-state index in [1.165, 1.54) is 0 Å². The molecule has 0 heterocycles. The molecule has 4 heteroatoms. The standard InChI is InChI=1S/C12H18N2O2/c1-4-16-11(15)12(3,14-13)10-8-6-5-7-9(10)2/h5-8,14H,4,13H2,1-3H3. The van der Waals surface area contributed by atoms with Crippen LogP contribution in [0.3, 0.4) is 0 Å². The first-order valence-corrected chi connectivity index (χ1v) is 5.27. The lowest BCUT2D eigenvalue weighted by molar-refractivity contribution is -0.151. The molecular formula is C12H18N2O2. The van der Waals surface area contributed by atoms with Crippen LogP contribution in [0.1, 0.15) is 25.0 Å². The van der Waals surface area contributed by atoms with Gasteiger partial charge in [0.05, 0.1) is 6.61 Å². The number of nitrogens with one attached hydrogen (secondary N) is 1. The summed E-state index contributed by atoms with van der Waals surface area (Å²) in [4.78, 5) is 11.9.